The molecule has 2 heterocycles. The van der Waals surface area contributed by atoms with E-state index in [-0.39, 0.29) is 12.7 Å². The second-order valence-corrected chi connectivity index (χ2v) is 6.90. The van der Waals surface area contributed by atoms with Crippen LogP contribution >= 0.6 is 0 Å². The van der Waals surface area contributed by atoms with Gasteiger partial charge in [0.1, 0.15) is 11.9 Å². The molecule has 3 aromatic rings. The highest BCUT2D eigenvalue weighted by molar-refractivity contribution is 6.12. The van der Waals surface area contributed by atoms with Crippen LogP contribution in [0.4, 0.5) is 11.4 Å². The monoisotopic (exact) mass is 404 g/mol. The van der Waals surface area contributed by atoms with E-state index in [4.69, 9.17) is 18.9 Å². The van der Waals surface area contributed by atoms with E-state index < -0.39 is 6.17 Å². The van der Waals surface area contributed by atoms with Gasteiger partial charge in [-0.05, 0) is 36.4 Å². The maximum absolute atomic E-state index is 13.6. The van der Waals surface area contributed by atoms with Crippen LogP contribution in [0.1, 0.15) is 22.1 Å². The lowest BCUT2D eigenvalue weighted by atomic mass is 10.0. The number of nitrogens with zero attached hydrogens (tertiary/aromatic N) is 1. The lowest BCUT2D eigenvalue weighted by Gasteiger charge is -2.38. The van der Waals surface area contributed by atoms with Gasteiger partial charge >= 0.3 is 0 Å². The van der Waals surface area contributed by atoms with Gasteiger partial charge in [-0.2, -0.15) is 0 Å². The van der Waals surface area contributed by atoms with Gasteiger partial charge in [-0.1, -0.05) is 24.3 Å². The third-order valence-corrected chi connectivity index (χ3v) is 5.27. The molecule has 152 valence electrons. The average Bonchev–Trinajstić information content (AvgIpc) is 3.27. The molecule has 1 atom stereocenters. The topological polar surface area (TPSA) is 69.3 Å². The highest BCUT2D eigenvalue weighted by Gasteiger charge is 2.36. The summed E-state index contributed by atoms with van der Waals surface area (Å²) >= 11 is 0. The number of hydrogen-bond acceptors (Lipinski definition) is 6. The summed E-state index contributed by atoms with van der Waals surface area (Å²) in [6.45, 7) is 0.130. The van der Waals surface area contributed by atoms with Crippen LogP contribution in [0, 0.1) is 0 Å². The highest BCUT2D eigenvalue weighted by atomic mass is 16.7. The number of carbonyl (C=O) groups excluding carboxylic acids is 1. The van der Waals surface area contributed by atoms with Crippen molar-refractivity contribution in [2.24, 2.45) is 0 Å². The SMILES string of the molecule is COc1ccccc1N1C(=O)c2ccccc2N[C@H]1c1cc(OC)c2c(c1)OCO2. The minimum absolute atomic E-state index is 0.129. The molecule has 5 rings (SSSR count). The summed E-state index contributed by atoms with van der Waals surface area (Å²) in [4.78, 5) is 15.3. The third-order valence-electron chi connectivity index (χ3n) is 5.27. The van der Waals surface area contributed by atoms with E-state index in [0.29, 0.717) is 34.2 Å². The maximum Gasteiger partial charge on any atom is 0.262 e. The average molecular weight is 404 g/mol. The minimum Gasteiger partial charge on any atom is -0.495 e. The molecule has 1 N–H and O–H groups in total. The third kappa shape index (κ3) is 2.78. The number of nitrogens with one attached hydrogen (secondary N) is 1. The lowest BCUT2D eigenvalue weighted by Crippen LogP contribution is -2.43. The molecule has 30 heavy (non-hydrogen) atoms. The first kappa shape index (κ1) is 18.2. The molecule has 2 aliphatic rings. The fourth-order valence-electron chi connectivity index (χ4n) is 3.87. The van der Waals surface area contributed by atoms with Crippen LogP contribution in [0.5, 0.6) is 23.0 Å². The van der Waals surface area contributed by atoms with Gasteiger partial charge in [0.15, 0.2) is 11.5 Å². The van der Waals surface area contributed by atoms with Crippen LogP contribution in [-0.4, -0.2) is 26.9 Å². The molecule has 0 bridgehead atoms. The molecule has 2 aliphatic heterocycles. The smallest absolute Gasteiger partial charge is 0.262 e. The fourth-order valence-corrected chi connectivity index (χ4v) is 3.87. The van der Waals surface area contributed by atoms with Crippen LogP contribution in [0.3, 0.4) is 0 Å². The predicted octanol–water partition coefficient (Wildman–Crippen LogP) is 4.20. The number of fused-ring (bicyclic) bond motifs is 2. The normalized spacial score (nSPS) is 16.7. The Morgan fingerprint density at radius 3 is 2.57 bits per heavy atom. The van der Waals surface area contributed by atoms with E-state index >= 15 is 0 Å². The standard InChI is InChI=1S/C23H20N2O5/c1-27-18-10-6-5-9-17(18)25-22(24-16-8-4-3-7-15(16)23(25)26)14-11-19(28-2)21-20(12-14)29-13-30-21/h3-12,22,24H,13H2,1-2H3/t22-/m1/s1. The van der Waals surface area contributed by atoms with Gasteiger partial charge in [0.25, 0.3) is 5.91 Å². The van der Waals surface area contributed by atoms with Gasteiger partial charge in [-0.25, -0.2) is 0 Å². The maximum atomic E-state index is 13.6. The van der Waals surface area contributed by atoms with Gasteiger partial charge in [-0.3, -0.25) is 9.69 Å². The van der Waals surface area contributed by atoms with Crippen LogP contribution in [-0.2, 0) is 0 Å². The molecule has 0 spiro atoms. The second kappa shape index (κ2) is 7.18. The van der Waals surface area contributed by atoms with Crippen molar-refractivity contribution in [3.8, 4) is 23.0 Å². The van der Waals surface area contributed by atoms with Crippen molar-refractivity contribution >= 4 is 17.3 Å². The van der Waals surface area contributed by atoms with Crippen molar-refractivity contribution in [3.05, 3.63) is 71.8 Å². The summed E-state index contributed by atoms with van der Waals surface area (Å²) in [5, 5.41) is 3.48. The zero-order valence-electron chi connectivity index (χ0n) is 16.5. The van der Waals surface area contributed by atoms with Gasteiger partial charge < -0.3 is 24.3 Å². The van der Waals surface area contributed by atoms with Gasteiger partial charge in [0, 0.05) is 11.3 Å². The molecular formula is C23H20N2O5. The van der Waals surface area contributed by atoms with Gasteiger partial charge in [-0.15, -0.1) is 0 Å². The Bertz CT molecular complexity index is 1130. The lowest BCUT2D eigenvalue weighted by molar-refractivity contribution is 0.0974. The summed E-state index contributed by atoms with van der Waals surface area (Å²) in [5.74, 6) is 2.17. The van der Waals surface area contributed by atoms with E-state index in [1.54, 1.807) is 19.1 Å². The Balaban J connectivity index is 1.70. The van der Waals surface area contributed by atoms with E-state index in [1.807, 2.05) is 60.7 Å². The molecular weight excluding hydrogens is 384 g/mol. The molecule has 7 heteroatoms. The number of methoxy groups -OCH3 is 2. The van der Waals surface area contributed by atoms with E-state index in [0.717, 1.165) is 11.3 Å². The van der Waals surface area contributed by atoms with Crippen molar-refractivity contribution in [1.29, 1.82) is 0 Å². The summed E-state index contributed by atoms with van der Waals surface area (Å²) in [7, 11) is 3.17. The summed E-state index contributed by atoms with van der Waals surface area (Å²) in [6, 6.07) is 18.6. The molecule has 0 unspecified atom stereocenters. The number of amides is 1. The number of ether oxygens (including phenoxy) is 4. The molecule has 0 radical (unpaired) electrons. The number of rotatable bonds is 4. The molecule has 0 aromatic heterocycles. The number of anilines is 2. The zero-order valence-corrected chi connectivity index (χ0v) is 16.5. The van der Waals surface area contributed by atoms with Crippen LogP contribution in [0.2, 0.25) is 0 Å². The van der Waals surface area contributed by atoms with Crippen molar-refractivity contribution in [1.82, 2.24) is 0 Å². The van der Waals surface area contributed by atoms with Gasteiger partial charge in [0.05, 0.1) is 25.5 Å². The Morgan fingerprint density at radius 1 is 0.967 bits per heavy atom. The molecule has 3 aromatic carbocycles. The van der Waals surface area contributed by atoms with Crippen molar-refractivity contribution in [3.63, 3.8) is 0 Å². The Hall–Kier alpha value is -3.87. The molecule has 0 saturated carbocycles. The van der Waals surface area contributed by atoms with Crippen LogP contribution in [0.15, 0.2) is 60.7 Å². The summed E-state index contributed by atoms with van der Waals surface area (Å²) in [6.07, 6.45) is -0.507. The summed E-state index contributed by atoms with van der Waals surface area (Å²) < 4.78 is 22.2. The Labute approximate surface area is 173 Å². The van der Waals surface area contributed by atoms with Crippen molar-refractivity contribution in [2.45, 2.75) is 6.17 Å². The van der Waals surface area contributed by atoms with E-state index in [9.17, 15) is 4.79 Å². The minimum atomic E-state index is -0.507. The Kier molecular flexibility index (Phi) is 4.35. The highest BCUT2D eigenvalue weighted by Crippen LogP contribution is 2.46. The molecule has 7 nitrogen and oxygen atoms in total. The van der Waals surface area contributed by atoms with Crippen molar-refractivity contribution in [2.75, 3.05) is 31.2 Å². The summed E-state index contributed by atoms with van der Waals surface area (Å²) in [5.41, 5.74) is 2.81. The van der Waals surface area contributed by atoms with E-state index in [1.165, 1.54) is 0 Å². The van der Waals surface area contributed by atoms with Gasteiger partial charge in [0.2, 0.25) is 12.5 Å². The predicted molar refractivity (Wildman–Crippen MR) is 112 cm³/mol. The number of para-hydroxylation sites is 3. The van der Waals surface area contributed by atoms with E-state index in [2.05, 4.69) is 5.32 Å². The quantitative estimate of drug-likeness (QED) is 0.703. The fraction of sp³-hybridized carbons (Fsp3) is 0.174. The molecule has 0 fully saturated rings. The largest absolute Gasteiger partial charge is 0.495 e. The number of benzene rings is 3. The van der Waals surface area contributed by atoms with Crippen molar-refractivity contribution < 1.29 is 23.7 Å². The number of carbonyl (C=O) groups is 1. The number of hydrogen-bond donors (Lipinski definition) is 1. The molecule has 1 amide bonds. The first-order valence-corrected chi connectivity index (χ1v) is 9.51. The molecule has 0 saturated heterocycles. The first-order chi connectivity index (χ1) is 14.7. The second-order valence-electron chi connectivity index (χ2n) is 6.90. The zero-order chi connectivity index (χ0) is 20.7. The molecule has 0 aliphatic carbocycles. The van der Waals surface area contributed by atoms with Crippen LogP contribution in [0.25, 0.3) is 0 Å². The Morgan fingerprint density at radius 2 is 1.73 bits per heavy atom. The van der Waals surface area contributed by atoms with Crippen LogP contribution < -0.4 is 29.2 Å². The first-order valence-electron chi connectivity index (χ1n) is 9.51.